The van der Waals surface area contributed by atoms with Crippen molar-refractivity contribution < 1.29 is 14.5 Å². The van der Waals surface area contributed by atoms with Gasteiger partial charge in [-0.25, -0.2) is 9.89 Å². The summed E-state index contributed by atoms with van der Waals surface area (Å²) in [5.41, 5.74) is 0.394. The van der Waals surface area contributed by atoms with Gasteiger partial charge in [0, 0.05) is 29.2 Å². The Balaban J connectivity index is 2.26. The maximum absolute atomic E-state index is 12.5. The topological polar surface area (TPSA) is 102 Å². The number of hydrogen-bond acceptors (Lipinski definition) is 4. The Bertz CT molecular complexity index is 731. The first-order valence-corrected chi connectivity index (χ1v) is 7.79. The number of carbonyl (C=O) groups is 1. The molecule has 0 bridgehead atoms. The number of nitrogens with zero attached hydrogens (tertiary/aromatic N) is 2. The van der Waals surface area contributed by atoms with Gasteiger partial charge in [-0.1, -0.05) is 37.0 Å². The predicted molar refractivity (Wildman–Crippen MR) is 80.8 cm³/mol. The van der Waals surface area contributed by atoms with E-state index in [9.17, 15) is 9.35 Å². The lowest BCUT2D eigenvalue weighted by Crippen LogP contribution is -2.09. The van der Waals surface area contributed by atoms with Gasteiger partial charge in [0.2, 0.25) is 5.69 Å². The first kappa shape index (κ1) is 16.1. The van der Waals surface area contributed by atoms with Crippen molar-refractivity contribution in [2.45, 2.75) is 30.2 Å². The number of rotatable bonds is 4. The van der Waals surface area contributed by atoms with E-state index >= 15 is 0 Å². The third-order valence-corrected chi connectivity index (χ3v) is 4.03. The number of aromatic nitrogens is 3. The van der Waals surface area contributed by atoms with Crippen molar-refractivity contribution in [2.24, 2.45) is 5.92 Å². The van der Waals surface area contributed by atoms with Crippen LogP contribution in [0, 0.1) is 17.8 Å². The highest BCUT2D eigenvalue weighted by Crippen LogP contribution is 2.21. The van der Waals surface area contributed by atoms with Crippen molar-refractivity contribution in [3.8, 4) is 11.8 Å². The molecule has 0 aliphatic carbocycles. The highest BCUT2D eigenvalue weighted by molar-refractivity contribution is 7.91. The fourth-order valence-corrected chi connectivity index (χ4v) is 2.75. The van der Waals surface area contributed by atoms with E-state index in [0.717, 1.165) is 12.0 Å². The second-order valence-corrected chi connectivity index (χ2v) is 6.41. The summed E-state index contributed by atoms with van der Waals surface area (Å²) in [5.74, 6) is 5.28. The number of hydrogen-bond donors (Lipinski definition) is 2. The number of carboxylic acids is 1. The summed E-state index contributed by atoms with van der Waals surface area (Å²) in [6.07, 6.45) is 0.779. The number of aromatic amines is 1. The molecule has 1 aromatic carbocycles. The van der Waals surface area contributed by atoms with Gasteiger partial charge in [-0.3, -0.25) is 0 Å². The standard InChI is InChI=1S/C15H15N3O3S/c1-10(2)5-3-6-11-7-4-8-12(9-11)22(21)14-13(15(19)20)16-18-17-14/h4,7-10H,5H2,1-2H3,(H,19,20)(H,16,17,18). The molecule has 0 saturated heterocycles. The van der Waals surface area contributed by atoms with Gasteiger partial charge in [-0.05, 0) is 18.1 Å². The van der Waals surface area contributed by atoms with Crippen LogP contribution < -0.4 is 0 Å². The Morgan fingerprint density at radius 1 is 1.50 bits per heavy atom. The van der Waals surface area contributed by atoms with Crippen molar-refractivity contribution in [1.82, 2.24) is 15.4 Å². The molecule has 22 heavy (non-hydrogen) atoms. The van der Waals surface area contributed by atoms with Crippen LogP contribution in [0.2, 0.25) is 0 Å². The summed E-state index contributed by atoms with van der Waals surface area (Å²) < 4.78 is 12.5. The molecule has 2 aromatic rings. The lowest BCUT2D eigenvalue weighted by atomic mass is 10.1. The van der Waals surface area contributed by atoms with Gasteiger partial charge in [0.1, 0.15) is 0 Å². The molecule has 2 rings (SSSR count). The molecule has 1 atom stereocenters. The fraction of sp³-hybridized carbons (Fsp3) is 0.267. The summed E-state index contributed by atoms with van der Waals surface area (Å²) in [5, 5.41) is 18.2. The highest BCUT2D eigenvalue weighted by atomic mass is 32.2. The van der Waals surface area contributed by atoms with Gasteiger partial charge < -0.3 is 9.66 Å². The third kappa shape index (κ3) is 3.87. The van der Waals surface area contributed by atoms with E-state index < -0.39 is 17.1 Å². The quantitative estimate of drug-likeness (QED) is 0.664. The number of aromatic carboxylic acids is 1. The first-order chi connectivity index (χ1) is 10.5. The van der Waals surface area contributed by atoms with Crippen LogP contribution in [0.25, 0.3) is 0 Å². The zero-order valence-corrected chi connectivity index (χ0v) is 13.0. The van der Waals surface area contributed by atoms with Crippen LogP contribution in [0.15, 0.2) is 34.2 Å². The number of benzene rings is 1. The molecule has 0 amide bonds. The minimum absolute atomic E-state index is 0.0280. The lowest BCUT2D eigenvalue weighted by Gasteiger charge is -2.07. The first-order valence-electron chi connectivity index (χ1n) is 6.64. The van der Waals surface area contributed by atoms with Crippen molar-refractivity contribution in [2.75, 3.05) is 0 Å². The summed E-state index contributed by atoms with van der Waals surface area (Å²) >= 11 is -1.70. The molecule has 1 heterocycles. The Hall–Kier alpha value is -2.30. The van der Waals surface area contributed by atoms with Crippen LogP contribution in [0.1, 0.15) is 36.3 Å². The number of nitrogens with one attached hydrogen (secondary N) is 1. The molecule has 1 unspecified atom stereocenters. The zero-order chi connectivity index (χ0) is 16.1. The Kier molecular flexibility index (Phi) is 5.20. The van der Waals surface area contributed by atoms with E-state index in [-0.39, 0.29) is 10.7 Å². The summed E-state index contributed by atoms with van der Waals surface area (Å²) in [6, 6.07) is 6.88. The van der Waals surface area contributed by atoms with Crippen LogP contribution in [-0.4, -0.2) is 31.0 Å². The van der Waals surface area contributed by atoms with Crippen LogP contribution in [0.3, 0.4) is 0 Å². The molecular formula is C15H15N3O3S. The minimum atomic E-state index is -1.70. The van der Waals surface area contributed by atoms with Gasteiger partial charge in [0.25, 0.3) is 5.03 Å². The molecule has 114 valence electrons. The van der Waals surface area contributed by atoms with E-state index in [1.54, 1.807) is 18.2 Å². The second-order valence-electron chi connectivity index (χ2n) is 4.99. The molecule has 0 spiro atoms. The Morgan fingerprint density at radius 3 is 2.95 bits per heavy atom. The van der Waals surface area contributed by atoms with E-state index in [1.807, 2.05) is 6.07 Å². The summed E-state index contributed by atoms with van der Waals surface area (Å²) in [4.78, 5) is 11.5. The molecule has 2 N–H and O–H groups in total. The maximum Gasteiger partial charge on any atom is 0.363 e. The number of H-pyrrole nitrogens is 1. The van der Waals surface area contributed by atoms with E-state index in [2.05, 4.69) is 41.1 Å². The third-order valence-electron chi connectivity index (χ3n) is 2.70. The molecule has 7 heteroatoms. The molecule has 0 aliphatic heterocycles. The molecule has 0 aliphatic rings. The predicted octanol–water partition coefficient (Wildman–Crippen LogP) is 2.07. The summed E-state index contributed by atoms with van der Waals surface area (Å²) in [7, 11) is 0. The van der Waals surface area contributed by atoms with Crippen molar-refractivity contribution in [1.29, 1.82) is 0 Å². The van der Waals surface area contributed by atoms with Crippen LogP contribution in [0.4, 0.5) is 0 Å². The van der Waals surface area contributed by atoms with E-state index in [0.29, 0.717) is 10.8 Å². The monoisotopic (exact) mass is 317 g/mol. The molecule has 1 aromatic heterocycles. The maximum atomic E-state index is 12.5. The Labute approximate surface area is 131 Å². The molecule has 0 radical (unpaired) electrons. The SMILES string of the molecule is CC(C)CC#Cc1cccc([S+]([O-])c2[nH]nnc2C(=O)O)c1. The minimum Gasteiger partial charge on any atom is -0.605 e. The molecular weight excluding hydrogens is 302 g/mol. The van der Waals surface area contributed by atoms with Gasteiger partial charge in [0.05, 0.1) is 0 Å². The average Bonchev–Trinajstić information content (AvgIpc) is 2.96. The Morgan fingerprint density at radius 2 is 2.27 bits per heavy atom. The van der Waals surface area contributed by atoms with Crippen molar-refractivity contribution >= 4 is 17.1 Å². The fourth-order valence-electron chi connectivity index (χ4n) is 1.65. The largest absolute Gasteiger partial charge is 0.605 e. The zero-order valence-electron chi connectivity index (χ0n) is 12.2. The van der Waals surface area contributed by atoms with Crippen LogP contribution in [0.5, 0.6) is 0 Å². The van der Waals surface area contributed by atoms with Crippen molar-refractivity contribution in [3.63, 3.8) is 0 Å². The van der Waals surface area contributed by atoms with Gasteiger partial charge >= 0.3 is 5.97 Å². The van der Waals surface area contributed by atoms with Crippen LogP contribution >= 0.6 is 0 Å². The molecule has 6 nitrogen and oxygen atoms in total. The van der Waals surface area contributed by atoms with Gasteiger partial charge in [0.15, 0.2) is 4.90 Å². The van der Waals surface area contributed by atoms with Crippen molar-refractivity contribution in [3.05, 3.63) is 35.5 Å². The molecule has 0 fully saturated rings. The highest BCUT2D eigenvalue weighted by Gasteiger charge is 2.27. The van der Waals surface area contributed by atoms with E-state index in [4.69, 9.17) is 5.11 Å². The smallest absolute Gasteiger partial charge is 0.363 e. The lowest BCUT2D eigenvalue weighted by molar-refractivity contribution is 0.0686. The average molecular weight is 317 g/mol. The normalized spacial score (nSPS) is 11.8. The van der Waals surface area contributed by atoms with E-state index in [1.165, 1.54) is 0 Å². The number of carboxylic acid groups (broad SMARTS) is 1. The van der Waals surface area contributed by atoms with Crippen LogP contribution in [-0.2, 0) is 11.2 Å². The summed E-state index contributed by atoms with van der Waals surface area (Å²) in [6.45, 7) is 4.16. The van der Waals surface area contributed by atoms with Gasteiger partial charge in [-0.15, -0.1) is 5.10 Å². The van der Waals surface area contributed by atoms with Gasteiger partial charge in [-0.2, -0.15) is 0 Å². The second kappa shape index (κ2) is 7.11. The molecule has 0 saturated carbocycles.